The van der Waals surface area contributed by atoms with E-state index in [0.717, 1.165) is 11.1 Å². The molecule has 13 nitrogen and oxygen atoms in total. The van der Waals surface area contributed by atoms with Crippen LogP contribution in [0.2, 0.25) is 0 Å². The Bertz CT molecular complexity index is 1810. The smallest absolute Gasteiger partial charge is 0.303 e. The van der Waals surface area contributed by atoms with Gasteiger partial charge in [-0.1, -0.05) is 78.9 Å². The molecule has 2 unspecified atom stereocenters. The van der Waals surface area contributed by atoms with Crippen molar-refractivity contribution < 1.29 is 39.0 Å². The minimum absolute atomic E-state index is 0.121. The molecule has 4 aromatic rings. The third-order valence-corrected chi connectivity index (χ3v) is 8.18. The van der Waals surface area contributed by atoms with E-state index in [0.29, 0.717) is 22.9 Å². The summed E-state index contributed by atoms with van der Waals surface area (Å²) < 4.78 is 1.35. The number of nitrogens with zero attached hydrogens (tertiary/aromatic N) is 2. The number of amides is 4. The van der Waals surface area contributed by atoms with Crippen molar-refractivity contribution in [2.24, 2.45) is 0 Å². The van der Waals surface area contributed by atoms with Crippen LogP contribution in [-0.4, -0.2) is 87.0 Å². The summed E-state index contributed by atoms with van der Waals surface area (Å²) in [6.45, 7) is 1.55. The number of carbonyl (C=O) groups excluding carboxylic acids is 5. The molecule has 5 N–H and O–H groups in total. The summed E-state index contributed by atoms with van der Waals surface area (Å²) in [5.41, 5.74) is 2.79. The summed E-state index contributed by atoms with van der Waals surface area (Å²) in [4.78, 5) is 78.4. The fourth-order valence-corrected chi connectivity index (χ4v) is 5.61. The van der Waals surface area contributed by atoms with Crippen LogP contribution in [0.3, 0.4) is 0 Å². The van der Waals surface area contributed by atoms with Crippen LogP contribution in [0.1, 0.15) is 36.5 Å². The highest BCUT2D eigenvalue weighted by atomic mass is 16.4. The zero-order valence-corrected chi connectivity index (χ0v) is 27.8. The Labute approximate surface area is 289 Å². The normalized spacial score (nSPS) is 13.3. The van der Waals surface area contributed by atoms with Crippen molar-refractivity contribution in [2.45, 2.75) is 63.4 Å². The van der Waals surface area contributed by atoms with Crippen molar-refractivity contribution in [2.75, 3.05) is 7.05 Å². The van der Waals surface area contributed by atoms with Crippen molar-refractivity contribution in [1.82, 2.24) is 25.4 Å². The number of hydrogen-bond acceptors (Lipinski definition) is 7. The topological polar surface area (TPSA) is 187 Å². The zero-order chi connectivity index (χ0) is 36.2. The van der Waals surface area contributed by atoms with E-state index in [1.165, 1.54) is 16.4 Å². The summed E-state index contributed by atoms with van der Waals surface area (Å²) in [5, 5.41) is 27.8. The van der Waals surface area contributed by atoms with Gasteiger partial charge in [0.1, 0.15) is 18.1 Å². The van der Waals surface area contributed by atoms with E-state index in [9.17, 15) is 33.9 Å². The second-order valence-electron chi connectivity index (χ2n) is 12.1. The highest BCUT2D eigenvalue weighted by Gasteiger charge is 2.33. The lowest BCUT2D eigenvalue weighted by Crippen LogP contribution is -2.59. The molecule has 0 saturated heterocycles. The molecule has 0 aliphatic rings. The molecule has 0 aliphatic carbocycles. The predicted molar refractivity (Wildman–Crippen MR) is 185 cm³/mol. The number of carbonyl (C=O) groups is 6. The summed E-state index contributed by atoms with van der Waals surface area (Å²) in [7, 11) is 1.63. The summed E-state index contributed by atoms with van der Waals surface area (Å²) in [5.74, 6) is -3.99. The summed E-state index contributed by atoms with van der Waals surface area (Å²) in [6, 6.07) is 21.6. The molecule has 50 heavy (non-hydrogen) atoms. The van der Waals surface area contributed by atoms with E-state index < -0.39 is 60.8 Å². The number of aliphatic carboxylic acids is 1. The summed E-state index contributed by atoms with van der Waals surface area (Å²) >= 11 is 0. The van der Waals surface area contributed by atoms with Crippen LogP contribution in [0.25, 0.3) is 10.9 Å². The van der Waals surface area contributed by atoms with Crippen molar-refractivity contribution in [3.8, 4) is 0 Å². The second-order valence-corrected chi connectivity index (χ2v) is 12.1. The number of carboxylic acids is 1. The van der Waals surface area contributed by atoms with Gasteiger partial charge in [-0.05, 0) is 29.7 Å². The van der Waals surface area contributed by atoms with E-state index in [2.05, 4.69) is 16.0 Å². The molecule has 0 aliphatic heterocycles. The van der Waals surface area contributed by atoms with Crippen LogP contribution >= 0.6 is 0 Å². The van der Waals surface area contributed by atoms with E-state index >= 15 is 0 Å². The Morgan fingerprint density at radius 1 is 0.780 bits per heavy atom. The van der Waals surface area contributed by atoms with Gasteiger partial charge < -0.3 is 31.1 Å². The molecule has 0 bridgehead atoms. The Balaban J connectivity index is 1.65. The first-order valence-corrected chi connectivity index (χ1v) is 16.1. The monoisotopic (exact) mass is 683 g/mol. The van der Waals surface area contributed by atoms with E-state index in [4.69, 9.17) is 5.11 Å². The molecular formula is C37H41N5O8. The van der Waals surface area contributed by atoms with Crippen molar-refractivity contribution in [3.63, 3.8) is 0 Å². The maximum atomic E-state index is 14.2. The molecule has 1 heterocycles. The molecule has 4 amide bonds. The number of benzene rings is 3. The quantitative estimate of drug-likeness (QED) is 0.104. The third-order valence-electron chi connectivity index (χ3n) is 8.18. The van der Waals surface area contributed by atoms with Gasteiger partial charge in [0, 0.05) is 44.4 Å². The molecule has 3 aromatic carbocycles. The second kappa shape index (κ2) is 17.5. The van der Waals surface area contributed by atoms with Crippen molar-refractivity contribution >= 4 is 46.9 Å². The number of aromatic nitrogens is 1. The molecule has 0 fully saturated rings. The van der Waals surface area contributed by atoms with Crippen LogP contribution in [0.4, 0.5) is 0 Å². The zero-order valence-electron chi connectivity index (χ0n) is 27.8. The summed E-state index contributed by atoms with van der Waals surface area (Å²) in [6.07, 6.45) is -0.140. The van der Waals surface area contributed by atoms with Crippen molar-refractivity contribution in [3.05, 3.63) is 108 Å². The lowest BCUT2D eigenvalue weighted by Gasteiger charge is -2.28. The standard InChI is InChI=1S/C37H41N5O8/c1-24(44)34(40-32(45)17-18-33(46)47)36(49)38-29(20-27-22-42(23-43)31-16-10-9-15-28(27)31)35(48)39-30(19-25-11-5-3-6-12-25)37(50)41(2)21-26-13-7-4-8-14-26/h3-16,22-24,29-30,34,44H,17-21H2,1-2H3,(H,38,49)(H,39,48)(H,40,45)(H,46,47)/t24?,29-,30+,34?/m1/s1. The Kier molecular flexibility index (Phi) is 13.0. The van der Waals surface area contributed by atoms with E-state index in [-0.39, 0.29) is 25.3 Å². The average molecular weight is 684 g/mol. The molecule has 0 radical (unpaired) electrons. The Hall–Kier alpha value is -5.82. The van der Waals surface area contributed by atoms with E-state index in [1.807, 2.05) is 60.7 Å². The minimum atomic E-state index is -1.53. The van der Waals surface area contributed by atoms with Gasteiger partial charge >= 0.3 is 5.97 Å². The Morgan fingerprint density at radius 2 is 1.38 bits per heavy atom. The van der Waals surface area contributed by atoms with Gasteiger partial charge in [0.2, 0.25) is 30.0 Å². The molecule has 0 saturated carbocycles. The molecule has 13 heteroatoms. The number of nitrogens with one attached hydrogen (secondary N) is 3. The van der Waals surface area contributed by atoms with Gasteiger partial charge in [-0.15, -0.1) is 0 Å². The number of rotatable bonds is 17. The van der Waals surface area contributed by atoms with Crippen LogP contribution in [0.5, 0.6) is 0 Å². The molecule has 1 aromatic heterocycles. The number of fused-ring (bicyclic) bond motifs is 1. The Morgan fingerprint density at radius 3 is 2.00 bits per heavy atom. The predicted octanol–water partition coefficient (Wildman–Crippen LogP) is 1.82. The molecule has 4 atom stereocenters. The van der Waals surface area contributed by atoms with Crippen LogP contribution in [-0.2, 0) is 48.2 Å². The van der Waals surface area contributed by atoms with Crippen LogP contribution < -0.4 is 16.0 Å². The number of likely N-dealkylation sites (N-methyl/N-ethyl adjacent to an activating group) is 1. The average Bonchev–Trinajstić information content (AvgIpc) is 3.46. The SMILES string of the molecule is CC(O)C(NC(=O)CCC(=O)O)C(=O)N[C@H](Cc1cn(C=O)c2ccccc12)C(=O)N[C@@H](Cc1ccccc1)C(=O)N(C)Cc1ccccc1. The number of aliphatic hydroxyl groups is 1. The van der Waals surface area contributed by atoms with Crippen LogP contribution in [0.15, 0.2) is 91.1 Å². The fraction of sp³-hybridized carbons (Fsp3) is 0.297. The number of para-hydroxylation sites is 1. The largest absolute Gasteiger partial charge is 0.481 e. The van der Waals surface area contributed by atoms with Crippen LogP contribution in [0, 0.1) is 0 Å². The third kappa shape index (κ3) is 10.1. The number of hydrogen-bond donors (Lipinski definition) is 5. The van der Waals surface area contributed by atoms with Crippen molar-refractivity contribution in [1.29, 1.82) is 0 Å². The first kappa shape index (κ1) is 37.0. The molecule has 262 valence electrons. The molecular weight excluding hydrogens is 642 g/mol. The van der Waals surface area contributed by atoms with Gasteiger partial charge in [-0.25, -0.2) is 0 Å². The maximum Gasteiger partial charge on any atom is 0.303 e. The van der Waals surface area contributed by atoms with Gasteiger partial charge in [0.15, 0.2) is 0 Å². The first-order chi connectivity index (χ1) is 24.0. The van der Waals surface area contributed by atoms with E-state index in [1.54, 1.807) is 37.5 Å². The highest BCUT2D eigenvalue weighted by Crippen LogP contribution is 2.22. The number of carboxylic acid groups (broad SMARTS) is 1. The van der Waals surface area contributed by atoms with Gasteiger partial charge in [-0.2, -0.15) is 0 Å². The molecule has 0 spiro atoms. The molecule has 4 rings (SSSR count). The highest BCUT2D eigenvalue weighted by molar-refractivity contribution is 5.96. The van der Waals surface area contributed by atoms with Gasteiger partial charge in [0.25, 0.3) is 0 Å². The first-order valence-electron chi connectivity index (χ1n) is 16.1. The minimum Gasteiger partial charge on any atom is -0.481 e. The lowest BCUT2D eigenvalue weighted by molar-refractivity contribution is -0.139. The maximum absolute atomic E-state index is 14.2. The van der Waals surface area contributed by atoms with Gasteiger partial charge in [-0.3, -0.25) is 33.3 Å². The lowest BCUT2D eigenvalue weighted by atomic mass is 10.0. The van der Waals surface area contributed by atoms with Gasteiger partial charge in [0.05, 0.1) is 18.0 Å². The number of aliphatic hydroxyl groups excluding tert-OH is 1. The fourth-order valence-electron chi connectivity index (χ4n) is 5.61.